The lowest BCUT2D eigenvalue weighted by atomic mass is 9.87. The third-order valence-corrected chi connectivity index (χ3v) is 5.27. The molecule has 0 bridgehead atoms. The predicted molar refractivity (Wildman–Crippen MR) is 85.1 cm³/mol. The number of rotatable bonds is 2. The highest BCUT2D eigenvalue weighted by Crippen LogP contribution is 2.31. The van der Waals surface area contributed by atoms with Gasteiger partial charge in [-0.15, -0.1) is 0 Å². The van der Waals surface area contributed by atoms with Gasteiger partial charge in [0, 0.05) is 31.0 Å². The SMILES string of the molecule is Cc1ncccc1C1CCN(C2CCN(C(=O)O)CC2)CC1. The number of carboxylic acid groups (broad SMARTS) is 1. The van der Waals surface area contributed by atoms with Crippen molar-refractivity contribution in [1.82, 2.24) is 14.8 Å². The fraction of sp³-hybridized carbons (Fsp3) is 0.647. The molecular weight excluding hydrogens is 278 g/mol. The first kappa shape index (κ1) is 15.3. The Morgan fingerprint density at radius 2 is 1.86 bits per heavy atom. The van der Waals surface area contributed by atoms with Gasteiger partial charge in [0.2, 0.25) is 0 Å². The molecule has 1 aromatic heterocycles. The molecule has 2 aliphatic heterocycles. The van der Waals surface area contributed by atoms with Gasteiger partial charge in [-0.2, -0.15) is 0 Å². The third-order valence-electron chi connectivity index (χ3n) is 5.27. The van der Waals surface area contributed by atoms with Crippen molar-refractivity contribution in [1.29, 1.82) is 0 Å². The zero-order valence-electron chi connectivity index (χ0n) is 13.2. The van der Waals surface area contributed by atoms with Gasteiger partial charge in [0.05, 0.1) is 0 Å². The van der Waals surface area contributed by atoms with E-state index in [1.54, 1.807) is 4.90 Å². The number of carbonyl (C=O) groups is 1. The fourth-order valence-electron chi connectivity index (χ4n) is 3.93. The van der Waals surface area contributed by atoms with Crippen LogP contribution in [0.5, 0.6) is 0 Å². The first-order chi connectivity index (χ1) is 10.6. The van der Waals surface area contributed by atoms with Crippen LogP contribution in [-0.2, 0) is 0 Å². The van der Waals surface area contributed by atoms with Crippen LogP contribution in [0.15, 0.2) is 18.3 Å². The molecule has 3 heterocycles. The maximum absolute atomic E-state index is 11.0. The number of pyridine rings is 1. The van der Waals surface area contributed by atoms with Gasteiger partial charge in [-0.1, -0.05) is 6.07 Å². The van der Waals surface area contributed by atoms with Crippen molar-refractivity contribution in [3.05, 3.63) is 29.6 Å². The molecule has 0 saturated carbocycles. The maximum atomic E-state index is 11.0. The maximum Gasteiger partial charge on any atom is 0.407 e. The molecule has 0 atom stereocenters. The fourth-order valence-corrected chi connectivity index (χ4v) is 3.93. The summed E-state index contributed by atoms with van der Waals surface area (Å²) in [5.41, 5.74) is 2.57. The Kier molecular flexibility index (Phi) is 4.62. The Balaban J connectivity index is 1.52. The molecule has 3 rings (SSSR count). The van der Waals surface area contributed by atoms with E-state index in [2.05, 4.69) is 22.9 Å². The van der Waals surface area contributed by atoms with Crippen molar-refractivity contribution in [2.75, 3.05) is 26.2 Å². The molecule has 2 aliphatic rings. The summed E-state index contributed by atoms with van der Waals surface area (Å²) in [5.74, 6) is 0.629. The Morgan fingerprint density at radius 3 is 2.45 bits per heavy atom. The van der Waals surface area contributed by atoms with Gasteiger partial charge in [-0.25, -0.2) is 4.79 Å². The van der Waals surface area contributed by atoms with Gasteiger partial charge >= 0.3 is 6.09 Å². The molecule has 1 N–H and O–H groups in total. The summed E-state index contributed by atoms with van der Waals surface area (Å²) in [4.78, 5) is 19.5. The number of aromatic nitrogens is 1. The molecule has 2 fully saturated rings. The summed E-state index contributed by atoms with van der Waals surface area (Å²) in [6.07, 6.45) is 5.41. The summed E-state index contributed by atoms with van der Waals surface area (Å²) in [6, 6.07) is 4.82. The van der Waals surface area contributed by atoms with Crippen molar-refractivity contribution in [3.63, 3.8) is 0 Å². The average Bonchev–Trinajstić information content (AvgIpc) is 2.56. The number of piperidine rings is 2. The molecule has 0 unspecified atom stereocenters. The van der Waals surface area contributed by atoms with E-state index in [1.165, 1.54) is 18.4 Å². The molecule has 0 spiro atoms. The van der Waals surface area contributed by atoms with E-state index in [0.29, 0.717) is 25.0 Å². The van der Waals surface area contributed by atoms with Gasteiger partial charge in [0.25, 0.3) is 0 Å². The van der Waals surface area contributed by atoms with Gasteiger partial charge in [0.15, 0.2) is 0 Å². The van der Waals surface area contributed by atoms with E-state index in [-0.39, 0.29) is 0 Å². The second-order valence-corrected chi connectivity index (χ2v) is 6.49. The first-order valence-electron chi connectivity index (χ1n) is 8.28. The Labute approximate surface area is 131 Å². The average molecular weight is 303 g/mol. The highest BCUT2D eigenvalue weighted by Gasteiger charge is 2.30. The van der Waals surface area contributed by atoms with Gasteiger partial charge in [-0.05, 0) is 63.2 Å². The molecule has 1 amide bonds. The zero-order valence-corrected chi connectivity index (χ0v) is 13.2. The topological polar surface area (TPSA) is 56.7 Å². The summed E-state index contributed by atoms with van der Waals surface area (Å²) < 4.78 is 0. The van der Waals surface area contributed by atoms with Crippen LogP contribution < -0.4 is 0 Å². The van der Waals surface area contributed by atoms with E-state index < -0.39 is 6.09 Å². The van der Waals surface area contributed by atoms with Crippen LogP contribution in [0.4, 0.5) is 4.79 Å². The van der Waals surface area contributed by atoms with Crippen molar-refractivity contribution in [3.8, 4) is 0 Å². The highest BCUT2D eigenvalue weighted by molar-refractivity contribution is 5.65. The largest absolute Gasteiger partial charge is 0.465 e. The third kappa shape index (κ3) is 3.24. The second kappa shape index (κ2) is 6.65. The van der Waals surface area contributed by atoms with Crippen LogP contribution in [0.25, 0.3) is 0 Å². The quantitative estimate of drug-likeness (QED) is 0.912. The summed E-state index contributed by atoms with van der Waals surface area (Å²) in [6.45, 7) is 5.71. The molecule has 0 aliphatic carbocycles. The Hall–Kier alpha value is -1.62. The molecule has 2 saturated heterocycles. The molecule has 22 heavy (non-hydrogen) atoms. The molecule has 5 heteroatoms. The normalized spacial score (nSPS) is 22.0. The Morgan fingerprint density at radius 1 is 1.18 bits per heavy atom. The van der Waals surface area contributed by atoms with E-state index >= 15 is 0 Å². The minimum absolute atomic E-state index is 0.562. The van der Waals surface area contributed by atoms with Crippen LogP contribution in [0.3, 0.4) is 0 Å². The zero-order chi connectivity index (χ0) is 15.5. The van der Waals surface area contributed by atoms with E-state index in [0.717, 1.165) is 31.6 Å². The highest BCUT2D eigenvalue weighted by atomic mass is 16.4. The lowest BCUT2D eigenvalue weighted by Crippen LogP contribution is -2.48. The molecule has 1 aromatic rings. The monoisotopic (exact) mass is 303 g/mol. The molecular formula is C17H25N3O2. The van der Waals surface area contributed by atoms with Gasteiger partial charge in [-0.3, -0.25) is 4.98 Å². The summed E-state index contributed by atoms with van der Waals surface area (Å²) in [5, 5.41) is 9.03. The van der Waals surface area contributed by atoms with Crippen molar-refractivity contribution >= 4 is 6.09 Å². The lowest BCUT2D eigenvalue weighted by molar-refractivity contribution is 0.0811. The van der Waals surface area contributed by atoms with E-state index in [4.69, 9.17) is 5.11 Å². The van der Waals surface area contributed by atoms with Crippen LogP contribution in [0.2, 0.25) is 0 Å². The molecule has 120 valence electrons. The number of amides is 1. The van der Waals surface area contributed by atoms with Crippen molar-refractivity contribution < 1.29 is 9.90 Å². The summed E-state index contributed by atoms with van der Waals surface area (Å²) >= 11 is 0. The molecule has 0 radical (unpaired) electrons. The van der Waals surface area contributed by atoms with Crippen LogP contribution in [-0.4, -0.2) is 58.2 Å². The van der Waals surface area contributed by atoms with Gasteiger partial charge in [0.1, 0.15) is 0 Å². The lowest BCUT2D eigenvalue weighted by Gasteiger charge is -2.41. The van der Waals surface area contributed by atoms with Crippen LogP contribution in [0.1, 0.15) is 42.9 Å². The number of nitrogens with zero attached hydrogens (tertiary/aromatic N) is 3. The van der Waals surface area contributed by atoms with E-state index in [1.807, 2.05) is 12.3 Å². The Bertz CT molecular complexity index is 518. The van der Waals surface area contributed by atoms with Crippen molar-refractivity contribution in [2.24, 2.45) is 0 Å². The number of likely N-dealkylation sites (tertiary alicyclic amines) is 2. The standard InChI is InChI=1S/C17H25N3O2/c1-13-16(3-2-8-18-13)14-4-9-19(10-5-14)15-6-11-20(12-7-15)17(21)22/h2-3,8,14-15H,4-7,9-12H2,1H3,(H,21,22). The predicted octanol–water partition coefficient (Wildman–Crippen LogP) is 2.71. The van der Waals surface area contributed by atoms with Crippen molar-refractivity contribution in [2.45, 2.75) is 44.6 Å². The second-order valence-electron chi connectivity index (χ2n) is 6.49. The minimum atomic E-state index is -0.774. The molecule has 0 aromatic carbocycles. The van der Waals surface area contributed by atoms with E-state index in [9.17, 15) is 4.79 Å². The number of hydrogen-bond acceptors (Lipinski definition) is 3. The molecule has 5 nitrogen and oxygen atoms in total. The minimum Gasteiger partial charge on any atom is -0.465 e. The number of aryl methyl sites for hydroxylation is 1. The van der Waals surface area contributed by atoms with Crippen LogP contribution in [0, 0.1) is 6.92 Å². The first-order valence-corrected chi connectivity index (χ1v) is 8.28. The number of hydrogen-bond donors (Lipinski definition) is 1. The van der Waals surface area contributed by atoms with Crippen LogP contribution >= 0.6 is 0 Å². The van der Waals surface area contributed by atoms with Gasteiger partial charge < -0.3 is 14.9 Å². The summed E-state index contributed by atoms with van der Waals surface area (Å²) in [7, 11) is 0. The smallest absolute Gasteiger partial charge is 0.407 e.